The number of nitrogens with two attached hydrogens (primary N) is 1. The topological polar surface area (TPSA) is 54.2 Å². The Labute approximate surface area is 119 Å². The zero-order valence-corrected chi connectivity index (χ0v) is 11.8. The minimum atomic E-state index is 0.760. The molecule has 0 saturated carbocycles. The molecule has 0 atom stereocenters. The van der Waals surface area contributed by atoms with E-state index < -0.39 is 0 Å². The Kier molecular flexibility index (Phi) is 3.46. The van der Waals surface area contributed by atoms with Crippen LogP contribution in [-0.4, -0.2) is 18.1 Å². The summed E-state index contributed by atoms with van der Waals surface area (Å²) in [5.74, 6) is 0.780. The number of aryl methyl sites for hydroxylation is 1. The molecule has 3 rings (SSSR count). The van der Waals surface area contributed by atoms with E-state index in [4.69, 9.17) is 5.73 Å². The maximum Gasteiger partial charge on any atom is 0.132 e. The molecule has 1 aliphatic heterocycles. The average Bonchev–Trinajstić information content (AvgIpc) is 2.98. The molecule has 20 heavy (non-hydrogen) atoms. The van der Waals surface area contributed by atoms with Crippen LogP contribution in [0.25, 0.3) is 0 Å². The molecule has 0 radical (unpaired) electrons. The molecule has 0 amide bonds. The second-order valence-corrected chi connectivity index (χ2v) is 5.29. The van der Waals surface area contributed by atoms with Crippen molar-refractivity contribution in [2.45, 2.75) is 19.8 Å². The first-order valence-corrected chi connectivity index (χ1v) is 7.06. The first kappa shape index (κ1) is 12.8. The van der Waals surface area contributed by atoms with E-state index in [1.165, 1.54) is 31.6 Å². The standard InChI is InChI=1S/C16H20N4/c1-12-11-18-16(10-15(12)17)19-13-4-6-14(7-5-13)20-8-2-3-9-20/h4-7,10-11H,2-3,8-9H2,1H3,(H3,17,18,19). The maximum atomic E-state index is 5.89. The Hall–Kier alpha value is -2.23. The fourth-order valence-electron chi connectivity index (χ4n) is 2.49. The normalized spacial score (nSPS) is 14.6. The van der Waals surface area contributed by atoms with Crippen LogP contribution in [0.3, 0.4) is 0 Å². The molecule has 0 spiro atoms. The second-order valence-electron chi connectivity index (χ2n) is 5.29. The van der Waals surface area contributed by atoms with Crippen LogP contribution in [-0.2, 0) is 0 Å². The van der Waals surface area contributed by atoms with Gasteiger partial charge in [0.2, 0.25) is 0 Å². The third kappa shape index (κ3) is 2.69. The van der Waals surface area contributed by atoms with Crippen LogP contribution in [0.1, 0.15) is 18.4 Å². The van der Waals surface area contributed by atoms with Crippen molar-refractivity contribution in [1.82, 2.24) is 4.98 Å². The molecule has 2 heterocycles. The van der Waals surface area contributed by atoms with Gasteiger partial charge in [0, 0.05) is 42.4 Å². The predicted molar refractivity (Wildman–Crippen MR) is 84.6 cm³/mol. The quantitative estimate of drug-likeness (QED) is 0.896. The number of nitrogens with one attached hydrogen (secondary N) is 1. The molecule has 1 fully saturated rings. The average molecular weight is 268 g/mol. The molecule has 0 unspecified atom stereocenters. The number of hydrogen-bond acceptors (Lipinski definition) is 4. The largest absolute Gasteiger partial charge is 0.398 e. The number of aromatic nitrogens is 1. The lowest BCUT2D eigenvalue weighted by Crippen LogP contribution is -2.17. The first-order valence-electron chi connectivity index (χ1n) is 7.06. The maximum absolute atomic E-state index is 5.89. The molecule has 0 bridgehead atoms. The van der Waals surface area contributed by atoms with Crippen molar-refractivity contribution in [1.29, 1.82) is 0 Å². The van der Waals surface area contributed by atoms with E-state index in [-0.39, 0.29) is 0 Å². The second kappa shape index (κ2) is 5.41. The molecule has 1 aromatic carbocycles. The molecular formula is C16H20N4. The molecule has 1 aromatic heterocycles. The number of anilines is 4. The van der Waals surface area contributed by atoms with Gasteiger partial charge < -0.3 is 16.0 Å². The number of hydrogen-bond donors (Lipinski definition) is 2. The number of benzene rings is 1. The van der Waals surface area contributed by atoms with Gasteiger partial charge in [-0.2, -0.15) is 0 Å². The minimum Gasteiger partial charge on any atom is -0.398 e. The van der Waals surface area contributed by atoms with E-state index in [0.29, 0.717) is 0 Å². The number of nitrogens with zero attached hydrogens (tertiary/aromatic N) is 2. The van der Waals surface area contributed by atoms with Gasteiger partial charge in [0.1, 0.15) is 5.82 Å². The van der Waals surface area contributed by atoms with Gasteiger partial charge in [-0.3, -0.25) is 0 Å². The van der Waals surface area contributed by atoms with Crippen molar-refractivity contribution in [2.24, 2.45) is 0 Å². The van der Waals surface area contributed by atoms with E-state index in [0.717, 1.165) is 22.8 Å². The minimum absolute atomic E-state index is 0.760. The summed E-state index contributed by atoms with van der Waals surface area (Å²) < 4.78 is 0. The molecular weight excluding hydrogens is 248 g/mol. The third-order valence-electron chi connectivity index (χ3n) is 3.76. The summed E-state index contributed by atoms with van der Waals surface area (Å²) in [4.78, 5) is 6.76. The van der Waals surface area contributed by atoms with Crippen molar-refractivity contribution in [3.05, 3.63) is 42.1 Å². The van der Waals surface area contributed by atoms with Crippen molar-refractivity contribution in [3.8, 4) is 0 Å². The highest BCUT2D eigenvalue weighted by atomic mass is 15.1. The van der Waals surface area contributed by atoms with Gasteiger partial charge in [0.05, 0.1) is 0 Å². The lowest BCUT2D eigenvalue weighted by molar-refractivity contribution is 0.949. The highest BCUT2D eigenvalue weighted by Crippen LogP contribution is 2.24. The zero-order chi connectivity index (χ0) is 13.9. The van der Waals surface area contributed by atoms with E-state index in [9.17, 15) is 0 Å². The molecule has 4 heteroatoms. The Morgan fingerprint density at radius 2 is 1.85 bits per heavy atom. The molecule has 0 aliphatic carbocycles. The Bertz CT molecular complexity index is 586. The van der Waals surface area contributed by atoms with Gasteiger partial charge in [-0.1, -0.05) is 0 Å². The van der Waals surface area contributed by atoms with Crippen LogP contribution in [0.5, 0.6) is 0 Å². The Balaban J connectivity index is 1.72. The Morgan fingerprint density at radius 3 is 2.50 bits per heavy atom. The molecule has 2 aromatic rings. The van der Waals surface area contributed by atoms with Gasteiger partial charge in [0.15, 0.2) is 0 Å². The predicted octanol–water partition coefficient (Wildman–Crippen LogP) is 3.32. The van der Waals surface area contributed by atoms with E-state index in [2.05, 4.69) is 39.5 Å². The SMILES string of the molecule is Cc1cnc(Nc2ccc(N3CCCC3)cc2)cc1N. The smallest absolute Gasteiger partial charge is 0.132 e. The summed E-state index contributed by atoms with van der Waals surface area (Å²) >= 11 is 0. The molecule has 1 saturated heterocycles. The van der Waals surface area contributed by atoms with Gasteiger partial charge in [0.25, 0.3) is 0 Å². The van der Waals surface area contributed by atoms with Crippen molar-refractivity contribution < 1.29 is 0 Å². The van der Waals surface area contributed by atoms with Crippen LogP contribution in [0.4, 0.5) is 22.9 Å². The summed E-state index contributed by atoms with van der Waals surface area (Å²) in [6.07, 6.45) is 4.38. The summed E-state index contributed by atoms with van der Waals surface area (Å²) in [7, 11) is 0. The summed E-state index contributed by atoms with van der Waals surface area (Å²) in [5.41, 5.74) is 9.98. The molecule has 104 valence electrons. The highest BCUT2D eigenvalue weighted by molar-refractivity contribution is 5.64. The first-order chi connectivity index (χ1) is 9.72. The van der Waals surface area contributed by atoms with Gasteiger partial charge in [-0.25, -0.2) is 4.98 Å². The number of nitrogen functional groups attached to an aromatic ring is 1. The van der Waals surface area contributed by atoms with E-state index in [1.807, 2.05) is 13.0 Å². The zero-order valence-electron chi connectivity index (χ0n) is 11.8. The molecule has 4 nitrogen and oxygen atoms in total. The lowest BCUT2D eigenvalue weighted by Gasteiger charge is -2.18. The fraction of sp³-hybridized carbons (Fsp3) is 0.312. The van der Waals surface area contributed by atoms with Crippen LogP contribution in [0, 0.1) is 6.92 Å². The summed E-state index contributed by atoms with van der Waals surface area (Å²) in [6, 6.07) is 10.4. The number of rotatable bonds is 3. The molecule has 3 N–H and O–H groups in total. The van der Waals surface area contributed by atoms with Crippen LogP contribution in [0.2, 0.25) is 0 Å². The van der Waals surface area contributed by atoms with E-state index >= 15 is 0 Å². The van der Waals surface area contributed by atoms with Crippen LogP contribution < -0.4 is 16.0 Å². The van der Waals surface area contributed by atoms with Crippen molar-refractivity contribution in [2.75, 3.05) is 29.0 Å². The van der Waals surface area contributed by atoms with Gasteiger partial charge in [-0.15, -0.1) is 0 Å². The Morgan fingerprint density at radius 1 is 1.15 bits per heavy atom. The van der Waals surface area contributed by atoms with Crippen LogP contribution in [0.15, 0.2) is 36.5 Å². The number of pyridine rings is 1. The lowest BCUT2D eigenvalue weighted by atomic mass is 10.2. The fourth-order valence-corrected chi connectivity index (χ4v) is 2.49. The third-order valence-corrected chi connectivity index (χ3v) is 3.76. The van der Waals surface area contributed by atoms with Crippen molar-refractivity contribution in [3.63, 3.8) is 0 Å². The van der Waals surface area contributed by atoms with Gasteiger partial charge >= 0.3 is 0 Å². The van der Waals surface area contributed by atoms with Crippen molar-refractivity contribution >= 4 is 22.9 Å². The molecule has 1 aliphatic rings. The van der Waals surface area contributed by atoms with E-state index in [1.54, 1.807) is 6.20 Å². The monoisotopic (exact) mass is 268 g/mol. The summed E-state index contributed by atoms with van der Waals surface area (Å²) in [5, 5.41) is 3.28. The highest BCUT2D eigenvalue weighted by Gasteiger charge is 2.11. The van der Waals surface area contributed by atoms with Crippen LogP contribution >= 0.6 is 0 Å². The van der Waals surface area contributed by atoms with Gasteiger partial charge in [-0.05, 0) is 49.6 Å². The summed E-state index contributed by atoms with van der Waals surface area (Å²) in [6.45, 7) is 4.29.